The van der Waals surface area contributed by atoms with Crippen molar-refractivity contribution in [2.45, 2.75) is 0 Å². The van der Waals surface area contributed by atoms with Crippen LogP contribution in [0.1, 0.15) is 5.69 Å². The fourth-order valence-corrected chi connectivity index (χ4v) is 0.626. The van der Waals surface area contributed by atoms with Crippen LogP contribution in [-0.2, 0) is 0 Å². The minimum Gasteiger partial charge on any atom is -0.411 e. The van der Waals surface area contributed by atoms with Crippen molar-refractivity contribution in [1.29, 1.82) is 0 Å². The predicted octanol–water partition coefficient (Wildman–Crippen LogP) is 0.938. The molecule has 0 saturated heterocycles. The van der Waals surface area contributed by atoms with Gasteiger partial charge in [0.1, 0.15) is 12.0 Å². The molecule has 0 unspecified atom stereocenters. The third-order valence-corrected chi connectivity index (χ3v) is 1.17. The van der Waals surface area contributed by atoms with Crippen molar-refractivity contribution in [1.82, 2.24) is 9.97 Å². The van der Waals surface area contributed by atoms with E-state index in [1.807, 2.05) is 0 Å². The highest BCUT2D eigenvalue weighted by Gasteiger charge is 1.95. The smallest absolute Gasteiger partial charge is 0.116 e. The molecular weight excluding hydrogens is 154 g/mol. The standard InChI is InChI=1S/C5H4ClN3O/c6-4-1-7-3-8-5(4)2-9-10/h1-3,10H/b9-2+. The fourth-order valence-electron chi connectivity index (χ4n) is 0.472. The first kappa shape index (κ1) is 6.95. The third kappa shape index (κ3) is 1.41. The molecule has 0 aliphatic heterocycles. The molecule has 0 fully saturated rings. The SMILES string of the molecule is O/N=C/c1ncncc1Cl. The Morgan fingerprint density at radius 3 is 3.10 bits per heavy atom. The van der Waals surface area contributed by atoms with Crippen LogP contribution in [0.15, 0.2) is 17.7 Å². The van der Waals surface area contributed by atoms with Gasteiger partial charge in [-0.2, -0.15) is 0 Å². The normalized spacial score (nSPS) is 10.5. The van der Waals surface area contributed by atoms with Gasteiger partial charge < -0.3 is 5.21 Å². The second-order valence-electron chi connectivity index (χ2n) is 1.50. The van der Waals surface area contributed by atoms with Gasteiger partial charge in [0.25, 0.3) is 0 Å². The van der Waals surface area contributed by atoms with Crippen molar-refractivity contribution in [3.63, 3.8) is 0 Å². The van der Waals surface area contributed by atoms with Crippen LogP contribution in [0.4, 0.5) is 0 Å². The highest BCUT2D eigenvalue weighted by Crippen LogP contribution is 2.07. The lowest BCUT2D eigenvalue weighted by Crippen LogP contribution is -1.88. The Bertz CT molecular complexity index is 250. The Labute approximate surface area is 62.2 Å². The minimum absolute atomic E-state index is 0.361. The van der Waals surface area contributed by atoms with Crippen molar-refractivity contribution in [3.8, 4) is 0 Å². The maximum atomic E-state index is 8.09. The molecule has 0 radical (unpaired) electrons. The average Bonchev–Trinajstić information content (AvgIpc) is 1.94. The summed E-state index contributed by atoms with van der Waals surface area (Å²) >= 11 is 5.58. The maximum Gasteiger partial charge on any atom is 0.116 e. The van der Waals surface area contributed by atoms with Crippen molar-refractivity contribution in [2.75, 3.05) is 0 Å². The average molecular weight is 158 g/mol. The van der Waals surface area contributed by atoms with Crippen molar-refractivity contribution < 1.29 is 5.21 Å². The molecule has 0 spiro atoms. The zero-order valence-electron chi connectivity index (χ0n) is 4.90. The predicted molar refractivity (Wildman–Crippen MR) is 36.4 cm³/mol. The molecule has 0 aromatic carbocycles. The van der Waals surface area contributed by atoms with E-state index in [1.165, 1.54) is 12.5 Å². The Morgan fingerprint density at radius 1 is 1.70 bits per heavy atom. The number of nitrogens with zero attached hydrogens (tertiary/aromatic N) is 3. The van der Waals surface area contributed by atoms with Crippen molar-refractivity contribution in [3.05, 3.63) is 23.2 Å². The number of aromatic nitrogens is 2. The van der Waals surface area contributed by atoms with Gasteiger partial charge >= 0.3 is 0 Å². The Balaban J connectivity index is 3.03. The summed E-state index contributed by atoms with van der Waals surface area (Å²) in [5.41, 5.74) is 0.402. The highest BCUT2D eigenvalue weighted by atomic mass is 35.5. The molecule has 4 nitrogen and oxygen atoms in total. The Hall–Kier alpha value is -1.16. The molecule has 0 amide bonds. The van der Waals surface area contributed by atoms with E-state index in [2.05, 4.69) is 15.1 Å². The van der Waals surface area contributed by atoms with Crippen LogP contribution in [-0.4, -0.2) is 21.4 Å². The van der Waals surface area contributed by atoms with E-state index >= 15 is 0 Å². The molecule has 52 valence electrons. The van der Waals surface area contributed by atoms with Gasteiger partial charge in [0.2, 0.25) is 0 Å². The second kappa shape index (κ2) is 3.12. The topological polar surface area (TPSA) is 58.4 Å². The minimum atomic E-state index is 0.361. The van der Waals surface area contributed by atoms with Gasteiger partial charge in [-0.1, -0.05) is 16.8 Å². The van der Waals surface area contributed by atoms with Gasteiger partial charge in [0.05, 0.1) is 11.2 Å². The van der Waals surface area contributed by atoms with Gasteiger partial charge in [-0.05, 0) is 0 Å². The lowest BCUT2D eigenvalue weighted by atomic mass is 10.4. The maximum absolute atomic E-state index is 8.09. The summed E-state index contributed by atoms with van der Waals surface area (Å²) in [4.78, 5) is 7.36. The van der Waals surface area contributed by atoms with E-state index in [4.69, 9.17) is 16.8 Å². The lowest BCUT2D eigenvalue weighted by molar-refractivity contribution is 0.321. The number of rotatable bonds is 1. The Morgan fingerprint density at radius 2 is 2.50 bits per heavy atom. The number of hydrogen-bond acceptors (Lipinski definition) is 4. The van der Waals surface area contributed by atoms with Gasteiger partial charge in [-0.25, -0.2) is 9.97 Å². The van der Waals surface area contributed by atoms with E-state index in [1.54, 1.807) is 0 Å². The molecule has 0 atom stereocenters. The summed E-state index contributed by atoms with van der Waals surface area (Å²) in [5, 5.41) is 11.2. The number of hydrogen-bond donors (Lipinski definition) is 1. The van der Waals surface area contributed by atoms with Crippen molar-refractivity contribution in [2.24, 2.45) is 5.16 Å². The molecule has 0 saturated carbocycles. The van der Waals surface area contributed by atoms with Crippen LogP contribution in [0, 0.1) is 0 Å². The largest absolute Gasteiger partial charge is 0.411 e. The summed E-state index contributed by atoms with van der Waals surface area (Å²) in [5.74, 6) is 0. The Kier molecular flexibility index (Phi) is 2.17. The summed E-state index contributed by atoms with van der Waals surface area (Å²) in [7, 11) is 0. The lowest BCUT2D eigenvalue weighted by Gasteiger charge is -1.90. The molecular formula is C5H4ClN3O. The molecule has 1 aromatic rings. The van der Waals surface area contributed by atoms with E-state index in [0.29, 0.717) is 10.7 Å². The summed E-state index contributed by atoms with van der Waals surface area (Å²) in [6.07, 6.45) is 3.89. The first-order valence-electron chi connectivity index (χ1n) is 2.47. The number of halogens is 1. The molecule has 1 heterocycles. The summed E-state index contributed by atoms with van der Waals surface area (Å²) in [6, 6.07) is 0. The van der Waals surface area contributed by atoms with Crippen LogP contribution in [0.3, 0.4) is 0 Å². The molecule has 0 aliphatic carbocycles. The van der Waals surface area contributed by atoms with Crippen LogP contribution in [0.25, 0.3) is 0 Å². The number of oxime groups is 1. The quantitative estimate of drug-likeness (QED) is 0.375. The van der Waals surface area contributed by atoms with Gasteiger partial charge in [-0.3, -0.25) is 0 Å². The molecule has 5 heteroatoms. The first-order valence-corrected chi connectivity index (χ1v) is 2.85. The highest BCUT2D eigenvalue weighted by molar-refractivity contribution is 6.32. The van der Waals surface area contributed by atoms with Gasteiger partial charge in [0.15, 0.2) is 0 Å². The first-order chi connectivity index (χ1) is 4.84. The van der Waals surface area contributed by atoms with E-state index in [0.717, 1.165) is 6.21 Å². The van der Waals surface area contributed by atoms with Crippen molar-refractivity contribution >= 4 is 17.8 Å². The van der Waals surface area contributed by atoms with Crippen LogP contribution >= 0.6 is 11.6 Å². The molecule has 1 N–H and O–H groups in total. The third-order valence-electron chi connectivity index (χ3n) is 0.876. The van der Waals surface area contributed by atoms with Gasteiger partial charge in [-0.15, -0.1) is 0 Å². The van der Waals surface area contributed by atoms with E-state index in [-0.39, 0.29) is 0 Å². The molecule has 0 bridgehead atoms. The molecule has 0 aliphatic rings. The molecule has 1 aromatic heterocycles. The summed E-state index contributed by atoms with van der Waals surface area (Å²) < 4.78 is 0. The van der Waals surface area contributed by atoms with Gasteiger partial charge in [0, 0.05) is 6.20 Å². The monoisotopic (exact) mass is 157 g/mol. The van der Waals surface area contributed by atoms with Crippen LogP contribution in [0.2, 0.25) is 5.02 Å². The van der Waals surface area contributed by atoms with E-state index in [9.17, 15) is 0 Å². The zero-order chi connectivity index (χ0) is 7.40. The van der Waals surface area contributed by atoms with E-state index < -0.39 is 0 Å². The van der Waals surface area contributed by atoms with Crippen LogP contribution < -0.4 is 0 Å². The van der Waals surface area contributed by atoms with Crippen LogP contribution in [0.5, 0.6) is 0 Å². The molecule has 1 rings (SSSR count). The zero-order valence-corrected chi connectivity index (χ0v) is 5.65. The summed E-state index contributed by atoms with van der Waals surface area (Å²) in [6.45, 7) is 0. The molecule has 10 heavy (non-hydrogen) atoms. The second-order valence-corrected chi connectivity index (χ2v) is 1.91. The fraction of sp³-hybridized carbons (Fsp3) is 0.